The molecular weight excluding hydrogens is 317 g/mol. The fourth-order valence-corrected chi connectivity index (χ4v) is 2.92. The average Bonchev–Trinajstić information content (AvgIpc) is 1.85. The monoisotopic (exact) mass is 325 g/mol. The van der Waals surface area contributed by atoms with Crippen molar-refractivity contribution in [2.24, 2.45) is 5.73 Å². The van der Waals surface area contributed by atoms with Gasteiger partial charge >= 0.3 is 0 Å². The Bertz CT molecular complexity index is 250. The van der Waals surface area contributed by atoms with Crippen LogP contribution in [-0.2, 0) is 6.54 Å². The van der Waals surface area contributed by atoms with Gasteiger partial charge in [-0.25, -0.2) is 0 Å². The highest BCUT2D eigenvalue weighted by Crippen LogP contribution is 2.22. The Hall–Kier alpha value is 0.390. The van der Waals surface area contributed by atoms with Crippen LogP contribution >= 0.6 is 38.5 Å². The first kappa shape index (κ1) is 9.48. The van der Waals surface area contributed by atoms with Crippen LogP contribution in [0, 0.1) is 10.5 Å². The lowest BCUT2D eigenvalue weighted by Crippen LogP contribution is -2.00. The predicted molar refractivity (Wildman–Crippen MR) is 59.5 cm³/mol. The molecule has 0 saturated carbocycles. The smallest absolute Gasteiger partial charge is 0.0233 e. The molecule has 0 aliphatic rings. The minimum atomic E-state index is 0.601. The maximum atomic E-state index is 5.57. The quantitative estimate of drug-likeness (QED) is 0.789. The summed E-state index contributed by atoms with van der Waals surface area (Å²) in [6, 6.07) is 4.21. The van der Waals surface area contributed by atoms with Crippen LogP contribution < -0.4 is 5.73 Å². The second-order valence-corrected chi connectivity index (χ2v) is 4.49. The van der Waals surface area contributed by atoms with Crippen LogP contribution in [0.15, 0.2) is 16.6 Å². The minimum Gasteiger partial charge on any atom is -0.326 e. The molecule has 0 aromatic heterocycles. The molecule has 1 rings (SSSR count). The first-order valence-electron chi connectivity index (χ1n) is 3.29. The summed E-state index contributed by atoms with van der Waals surface area (Å²) in [6.07, 6.45) is 0. The molecule has 1 aromatic carbocycles. The summed E-state index contributed by atoms with van der Waals surface area (Å²) in [5, 5.41) is 0. The van der Waals surface area contributed by atoms with E-state index in [1.807, 2.05) is 0 Å². The number of aryl methyl sites for hydroxylation is 1. The van der Waals surface area contributed by atoms with Crippen LogP contribution in [0.25, 0.3) is 0 Å². The first-order valence-corrected chi connectivity index (χ1v) is 5.17. The Morgan fingerprint density at radius 1 is 1.55 bits per heavy atom. The van der Waals surface area contributed by atoms with Crippen LogP contribution in [0.4, 0.5) is 0 Å². The lowest BCUT2D eigenvalue weighted by Gasteiger charge is -2.05. The Morgan fingerprint density at radius 3 is 2.64 bits per heavy atom. The van der Waals surface area contributed by atoms with E-state index in [0.29, 0.717) is 6.54 Å². The molecule has 0 amide bonds. The molecule has 0 radical (unpaired) electrons. The third-order valence-electron chi connectivity index (χ3n) is 1.59. The highest BCUT2D eigenvalue weighted by atomic mass is 127. The summed E-state index contributed by atoms with van der Waals surface area (Å²) < 4.78 is 2.36. The molecular formula is C8H9BrIN. The summed E-state index contributed by atoms with van der Waals surface area (Å²) in [4.78, 5) is 0. The highest BCUT2D eigenvalue weighted by molar-refractivity contribution is 14.1. The van der Waals surface area contributed by atoms with Gasteiger partial charge in [-0.15, -0.1) is 0 Å². The summed E-state index contributed by atoms with van der Waals surface area (Å²) >= 11 is 5.77. The molecule has 60 valence electrons. The van der Waals surface area contributed by atoms with Gasteiger partial charge in [0.15, 0.2) is 0 Å². The summed E-state index contributed by atoms with van der Waals surface area (Å²) in [6.45, 7) is 2.68. The average molecular weight is 326 g/mol. The van der Waals surface area contributed by atoms with E-state index in [-0.39, 0.29) is 0 Å². The maximum Gasteiger partial charge on any atom is 0.0233 e. The van der Waals surface area contributed by atoms with Crippen molar-refractivity contribution < 1.29 is 0 Å². The van der Waals surface area contributed by atoms with Gasteiger partial charge in [-0.05, 0) is 52.8 Å². The van der Waals surface area contributed by atoms with Crippen molar-refractivity contribution in [3.8, 4) is 0 Å². The number of hydrogen-bond acceptors (Lipinski definition) is 1. The molecule has 0 unspecified atom stereocenters. The SMILES string of the molecule is Cc1cc(I)cc(Br)c1CN. The van der Waals surface area contributed by atoms with Crippen molar-refractivity contribution in [3.05, 3.63) is 31.3 Å². The second-order valence-electron chi connectivity index (χ2n) is 2.39. The van der Waals surface area contributed by atoms with Crippen LogP contribution in [0.5, 0.6) is 0 Å². The van der Waals surface area contributed by atoms with E-state index >= 15 is 0 Å². The molecule has 0 heterocycles. The zero-order chi connectivity index (χ0) is 8.43. The van der Waals surface area contributed by atoms with Crippen molar-refractivity contribution in [2.45, 2.75) is 13.5 Å². The van der Waals surface area contributed by atoms with Gasteiger partial charge in [-0.2, -0.15) is 0 Å². The second kappa shape index (κ2) is 3.87. The topological polar surface area (TPSA) is 26.0 Å². The molecule has 1 nitrogen and oxygen atoms in total. The largest absolute Gasteiger partial charge is 0.326 e. The zero-order valence-corrected chi connectivity index (χ0v) is 9.94. The first-order chi connectivity index (χ1) is 5.15. The van der Waals surface area contributed by atoms with E-state index in [9.17, 15) is 0 Å². The van der Waals surface area contributed by atoms with Crippen molar-refractivity contribution in [2.75, 3.05) is 0 Å². The molecule has 0 spiro atoms. The van der Waals surface area contributed by atoms with Crippen molar-refractivity contribution in [3.63, 3.8) is 0 Å². The molecule has 0 atom stereocenters. The molecule has 3 heteroatoms. The minimum absolute atomic E-state index is 0.601. The molecule has 0 saturated heterocycles. The zero-order valence-electron chi connectivity index (χ0n) is 6.20. The molecule has 1 aromatic rings. The van der Waals surface area contributed by atoms with Gasteiger partial charge in [-0.3, -0.25) is 0 Å². The van der Waals surface area contributed by atoms with Gasteiger partial charge in [0.25, 0.3) is 0 Å². The van der Waals surface area contributed by atoms with Gasteiger partial charge in [0.1, 0.15) is 0 Å². The van der Waals surface area contributed by atoms with E-state index in [0.717, 1.165) is 4.47 Å². The maximum absolute atomic E-state index is 5.57. The number of nitrogens with two attached hydrogens (primary N) is 1. The third-order valence-corrected chi connectivity index (χ3v) is 2.92. The number of halogens is 2. The van der Waals surface area contributed by atoms with Crippen LogP contribution in [-0.4, -0.2) is 0 Å². The lowest BCUT2D eigenvalue weighted by molar-refractivity contribution is 1.04. The summed E-state index contributed by atoms with van der Waals surface area (Å²) in [5.74, 6) is 0. The van der Waals surface area contributed by atoms with Crippen LogP contribution in [0.2, 0.25) is 0 Å². The molecule has 11 heavy (non-hydrogen) atoms. The molecule has 0 fully saturated rings. The van der Waals surface area contributed by atoms with Crippen LogP contribution in [0.3, 0.4) is 0 Å². The molecule has 0 bridgehead atoms. The highest BCUT2D eigenvalue weighted by Gasteiger charge is 2.02. The van der Waals surface area contributed by atoms with E-state index in [1.54, 1.807) is 0 Å². The summed E-state index contributed by atoms with van der Waals surface area (Å²) in [7, 11) is 0. The molecule has 0 aliphatic heterocycles. The van der Waals surface area contributed by atoms with E-state index in [1.165, 1.54) is 14.7 Å². The van der Waals surface area contributed by atoms with Crippen molar-refractivity contribution in [1.29, 1.82) is 0 Å². The fourth-order valence-electron chi connectivity index (χ4n) is 0.991. The Balaban J connectivity index is 3.25. The normalized spacial score (nSPS) is 10.2. The van der Waals surface area contributed by atoms with Gasteiger partial charge in [0, 0.05) is 14.6 Å². The summed E-state index contributed by atoms with van der Waals surface area (Å²) in [5.41, 5.74) is 8.02. The molecule has 2 N–H and O–H groups in total. The number of benzene rings is 1. The van der Waals surface area contributed by atoms with Gasteiger partial charge < -0.3 is 5.73 Å². The predicted octanol–water partition coefficient (Wildman–Crippen LogP) is 2.82. The van der Waals surface area contributed by atoms with Crippen LogP contribution in [0.1, 0.15) is 11.1 Å². The molecule has 0 aliphatic carbocycles. The Morgan fingerprint density at radius 2 is 2.18 bits per heavy atom. The lowest BCUT2D eigenvalue weighted by atomic mass is 10.1. The van der Waals surface area contributed by atoms with Gasteiger partial charge in [0.2, 0.25) is 0 Å². The third kappa shape index (κ3) is 2.16. The van der Waals surface area contributed by atoms with Gasteiger partial charge in [-0.1, -0.05) is 15.9 Å². The van der Waals surface area contributed by atoms with E-state index < -0.39 is 0 Å². The van der Waals surface area contributed by atoms with Crippen molar-refractivity contribution >= 4 is 38.5 Å². The van der Waals surface area contributed by atoms with Gasteiger partial charge in [0.05, 0.1) is 0 Å². The number of rotatable bonds is 1. The van der Waals surface area contributed by atoms with E-state index in [4.69, 9.17) is 5.73 Å². The number of hydrogen-bond donors (Lipinski definition) is 1. The Labute approximate surface area is 88.6 Å². The fraction of sp³-hybridized carbons (Fsp3) is 0.250. The Kier molecular flexibility index (Phi) is 3.33. The standard InChI is InChI=1S/C8H9BrIN/c1-5-2-6(10)3-8(9)7(5)4-11/h2-3H,4,11H2,1H3. The van der Waals surface area contributed by atoms with E-state index in [2.05, 4.69) is 57.6 Å². The van der Waals surface area contributed by atoms with Crippen molar-refractivity contribution in [1.82, 2.24) is 0 Å².